The molecule has 1 aliphatic carbocycles. The Kier molecular flexibility index (Phi) is 9.45. The number of nitrogens with zero attached hydrogens (tertiary/aromatic N) is 5. The Balaban J connectivity index is 1.28. The van der Waals surface area contributed by atoms with Crippen molar-refractivity contribution < 1.29 is 18.8 Å². The van der Waals surface area contributed by atoms with Gasteiger partial charge in [0.1, 0.15) is 11.4 Å². The third-order valence-electron chi connectivity index (χ3n) is 8.84. The predicted molar refractivity (Wildman–Crippen MR) is 180 cm³/mol. The van der Waals surface area contributed by atoms with Crippen molar-refractivity contribution in [2.45, 2.75) is 97.3 Å². The van der Waals surface area contributed by atoms with Crippen LogP contribution in [0.2, 0.25) is 0 Å². The quantitative estimate of drug-likeness (QED) is 0.180. The first-order chi connectivity index (χ1) is 23.0. The van der Waals surface area contributed by atoms with Crippen LogP contribution in [0.25, 0.3) is 28.3 Å². The molecule has 0 aliphatic heterocycles. The number of benzene rings is 2. The van der Waals surface area contributed by atoms with Gasteiger partial charge < -0.3 is 9.47 Å². The van der Waals surface area contributed by atoms with Crippen molar-refractivity contribution in [1.82, 2.24) is 29.3 Å². The van der Waals surface area contributed by atoms with Crippen LogP contribution in [0.3, 0.4) is 0 Å². The molecule has 0 radical (unpaired) electrons. The molecule has 2 aromatic carbocycles. The SMILES string of the molecule is CCCc1c(Cc2ccc(-c3ccccc3-c3noc(=O)[nH]3)cc2)c(=O)n([C@H]2CC[C@H](OCC(C)(C)OC(C)=O)CC2)c2nc(C)nn12. The minimum atomic E-state index is -0.701. The first kappa shape index (κ1) is 33.1. The standard InChI is InChI=1S/C36H42N6O6/c1-6-9-31-30(20-24-12-14-25(15-13-24)28-10-7-8-11-29(28)32-38-35(45)48-40-32)33(44)41(34-37-22(2)39-42(31)34)26-16-18-27(19-17-26)46-21-36(4,5)47-23(3)43/h7-8,10-15,26-27H,6,9,16-21H2,1-5H3,(H,38,40,45)/t26-,27-. The van der Waals surface area contributed by atoms with E-state index in [9.17, 15) is 14.4 Å². The van der Waals surface area contributed by atoms with E-state index in [1.165, 1.54) is 6.92 Å². The number of rotatable bonds is 11. The van der Waals surface area contributed by atoms with Crippen LogP contribution in [-0.4, -0.2) is 53.6 Å². The second-order valence-electron chi connectivity index (χ2n) is 13.2. The van der Waals surface area contributed by atoms with Gasteiger partial charge in [-0.05, 0) is 69.6 Å². The van der Waals surface area contributed by atoms with Crippen molar-refractivity contribution >= 4 is 11.7 Å². The summed E-state index contributed by atoms with van der Waals surface area (Å²) in [4.78, 5) is 44.9. The highest BCUT2D eigenvalue weighted by Gasteiger charge is 2.30. The summed E-state index contributed by atoms with van der Waals surface area (Å²) in [5, 5.41) is 8.63. The molecule has 6 rings (SSSR count). The van der Waals surface area contributed by atoms with Crippen molar-refractivity contribution in [3.05, 3.63) is 92.1 Å². The summed E-state index contributed by atoms with van der Waals surface area (Å²) in [6, 6.07) is 15.7. The molecule has 1 aliphatic rings. The Morgan fingerprint density at radius 3 is 2.40 bits per heavy atom. The summed E-state index contributed by atoms with van der Waals surface area (Å²) in [5.74, 6) is 0.642. The van der Waals surface area contributed by atoms with Gasteiger partial charge in [0.05, 0.1) is 18.4 Å². The molecule has 3 heterocycles. The summed E-state index contributed by atoms with van der Waals surface area (Å²) >= 11 is 0. The van der Waals surface area contributed by atoms with Crippen LogP contribution in [0.4, 0.5) is 0 Å². The smallest absolute Gasteiger partial charge is 0.439 e. The lowest BCUT2D eigenvalue weighted by atomic mass is 9.92. The summed E-state index contributed by atoms with van der Waals surface area (Å²) in [6.07, 6.45) is 5.12. The molecular formula is C36H42N6O6. The van der Waals surface area contributed by atoms with Crippen LogP contribution in [0, 0.1) is 6.92 Å². The van der Waals surface area contributed by atoms with Crippen LogP contribution < -0.4 is 11.3 Å². The number of esters is 1. The molecule has 0 bridgehead atoms. The molecule has 48 heavy (non-hydrogen) atoms. The molecule has 0 atom stereocenters. The second kappa shape index (κ2) is 13.7. The molecule has 1 saturated carbocycles. The molecule has 3 aromatic heterocycles. The summed E-state index contributed by atoms with van der Waals surface area (Å²) < 4.78 is 20.0. The van der Waals surface area contributed by atoms with E-state index in [4.69, 9.17) is 24.1 Å². The molecule has 1 fully saturated rings. The minimum absolute atomic E-state index is 0.0226. The number of aryl methyl sites for hydroxylation is 2. The van der Waals surface area contributed by atoms with Gasteiger partial charge in [0.2, 0.25) is 5.78 Å². The number of aromatic nitrogens is 6. The fraction of sp³-hybridized carbons (Fsp3) is 0.444. The molecule has 0 unspecified atom stereocenters. The monoisotopic (exact) mass is 654 g/mol. The van der Waals surface area contributed by atoms with Gasteiger partial charge in [0.15, 0.2) is 5.82 Å². The number of carbonyl (C=O) groups is 1. The number of aromatic amines is 1. The van der Waals surface area contributed by atoms with Gasteiger partial charge in [-0.2, -0.15) is 10.1 Å². The number of hydrogen-bond acceptors (Lipinski definition) is 9. The molecule has 0 spiro atoms. The van der Waals surface area contributed by atoms with Crippen LogP contribution in [0.15, 0.2) is 62.6 Å². The van der Waals surface area contributed by atoms with Gasteiger partial charge in [0.25, 0.3) is 5.56 Å². The lowest BCUT2D eigenvalue weighted by Crippen LogP contribution is -2.37. The van der Waals surface area contributed by atoms with Crippen LogP contribution >= 0.6 is 0 Å². The first-order valence-electron chi connectivity index (χ1n) is 16.6. The highest BCUT2D eigenvalue weighted by molar-refractivity contribution is 5.80. The van der Waals surface area contributed by atoms with Gasteiger partial charge in [-0.15, -0.1) is 0 Å². The van der Waals surface area contributed by atoms with Crippen molar-refractivity contribution in [2.75, 3.05) is 6.61 Å². The zero-order chi connectivity index (χ0) is 34.0. The molecule has 0 amide bonds. The maximum atomic E-state index is 14.5. The average Bonchev–Trinajstić information content (AvgIpc) is 3.67. The molecule has 1 N–H and O–H groups in total. The van der Waals surface area contributed by atoms with Gasteiger partial charge in [0, 0.05) is 30.5 Å². The van der Waals surface area contributed by atoms with Gasteiger partial charge in [-0.1, -0.05) is 67.0 Å². The average molecular weight is 655 g/mol. The van der Waals surface area contributed by atoms with E-state index >= 15 is 0 Å². The number of carbonyl (C=O) groups excluding carboxylic acids is 1. The van der Waals surface area contributed by atoms with Gasteiger partial charge in [-0.25, -0.2) is 9.31 Å². The Morgan fingerprint density at radius 2 is 1.75 bits per heavy atom. The molecule has 12 nitrogen and oxygen atoms in total. The Labute approximate surface area is 278 Å². The van der Waals surface area contributed by atoms with E-state index < -0.39 is 11.4 Å². The normalized spacial score (nSPS) is 16.8. The number of nitrogens with one attached hydrogen (secondary N) is 1. The Hall–Kier alpha value is -4.84. The van der Waals surface area contributed by atoms with Gasteiger partial charge >= 0.3 is 11.7 Å². The third-order valence-corrected chi connectivity index (χ3v) is 8.84. The van der Waals surface area contributed by atoms with E-state index in [0.29, 0.717) is 36.9 Å². The van der Waals surface area contributed by atoms with Crippen LogP contribution in [0.5, 0.6) is 0 Å². The minimum Gasteiger partial charge on any atom is -0.457 e. The summed E-state index contributed by atoms with van der Waals surface area (Å²) in [7, 11) is 0. The first-order valence-corrected chi connectivity index (χ1v) is 16.6. The van der Waals surface area contributed by atoms with Crippen molar-refractivity contribution in [3.8, 4) is 22.5 Å². The van der Waals surface area contributed by atoms with E-state index in [0.717, 1.165) is 65.6 Å². The second-order valence-corrected chi connectivity index (χ2v) is 13.2. The van der Waals surface area contributed by atoms with Crippen molar-refractivity contribution in [2.24, 2.45) is 0 Å². The topological polar surface area (TPSA) is 147 Å². The third kappa shape index (κ3) is 7.03. The number of hydrogen-bond donors (Lipinski definition) is 1. The zero-order valence-corrected chi connectivity index (χ0v) is 28.1. The largest absolute Gasteiger partial charge is 0.457 e. The maximum absolute atomic E-state index is 14.5. The Bertz CT molecular complexity index is 2030. The molecule has 0 saturated heterocycles. The van der Waals surface area contributed by atoms with Crippen LogP contribution in [-0.2, 0) is 27.1 Å². The number of H-pyrrole nitrogens is 1. The van der Waals surface area contributed by atoms with Crippen LogP contribution in [0.1, 0.15) is 88.5 Å². The molecule has 5 aromatic rings. The Morgan fingerprint density at radius 1 is 1.04 bits per heavy atom. The summed E-state index contributed by atoms with van der Waals surface area (Å²) in [5.41, 5.74) is 4.49. The molecule has 12 heteroatoms. The van der Waals surface area contributed by atoms with Crippen molar-refractivity contribution in [3.63, 3.8) is 0 Å². The lowest BCUT2D eigenvalue weighted by Gasteiger charge is -2.33. The fourth-order valence-electron chi connectivity index (χ4n) is 6.73. The highest BCUT2D eigenvalue weighted by Crippen LogP contribution is 2.33. The van der Waals surface area contributed by atoms with E-state index in [-0.39, 0.29) is 23.7 Å². The van der Waals surface area contributed by atoms with Crippen molar-refractivity contribution in [1.29, 1.82) is 0 Å². The van der Waals surface area contributed by atoms with E-state index in [1.807, 2.05) is 78.4 Å². The number of fused-ring (bicyclic) bond motifs is 1. The van der Waals surface area contributed by atoms with Gasteiger partial charge in [-0.3, -0.25) is 23.7 Å². The lowest BCUT2D eigenvalue weighted by molar-refractivity contribution is -0.162. The predicted octanol–water partition coefficient (Wildman–Crippen LogP) is 5.60. The molecule has 252 valence electrons. The molecular weight excluding hydrogens is 612 g/mol. The highest BCUT2D eigenvalue weighted by atomic mass is 16.6. The summed E-state index contributed by atoms with van der Waals surface area (Å²) in [6.45, 7) is 9.37. The zero-order valence-electron chi connectivity index (χ0n) is 28.1. The fourth-order valence-corrected chi connectivity index (χ4v) is 6.73. The van der Waals surface area contributed by atoms with E-state index in [1.54, 1.807) is 0 Å². The number of ether oxygens (including phenoxy) is 2. The maximum Gasteiger partial charge on any atom is 0.439 e. The van der Waals surface area contributed by atoms with E-state index in [2.05, 4.69) is 17.1 Å².